The van der Waals surface area contributed by atoms with Crippen molar-refractivity contribution >= 4 is 12.3 Å². The van der Waals surface area contributed by atoms with E-state index in [1.165, 1.54) is 16.7 Å². The molecule has 5 heteroatoms. The van der Waals surface area contributed by atoms with E-state index in [-0.39, 0.29) is 18.6 Å². The second-order valence-corrected chi connectivity index (χ2v) is 8.48. The SMILES string of the molecule is Cc1cc2c(cc1C1CCN(C(=O)OC(C)(C)C)CC1(C)O)CN=C2. The molecule has 0 spiro atoms. The van der Waals surface area contributed by atoms with Crippen LogP contribution in [0, 0.1) is 6.92 Å². The fourth-order valence-electron chi connectivity index (χ4n) is 3.81. The van der Waals surface area contributed by atoms with Gasteiger partial charge in [0.2, 0.25) is 0 Å². The standard InChI is InChI=1S/C20H28N2O3/c1-13-8-14-10-21-11-15(14)9-16(13)17-6-7-22(12-20(17,5)24)18(23)25-19(2,3)4/h8-10,17,24H,6-7,11-12H2,1-5H3. The molecule has 1 saturated heterocycles. The van der Waals surface area contributed by atoms with E-state index in [2.05, 4.69) is 24.0 Å². The molecule has 1 fully saturated rings. The maximum absolute atomic E-state index is 12.3. The van der Waals surface area contributed by atoms with Crippen LogP contribution < -0.4 is 0 Å². The number of carbonyl (C=O) groups excluding carboxylic acids is 1. The van der Waals surface area contributed by atoms with E-state index in [0.717, 1.165) is 5.56 Å². The molecule has 1 aromatic rings. The molecule has 0 aliphatic carbocycles. The largest absolute Gasteiger partial charge is 0.444 e. The van der Waals surface area contributed by atoms with Crippen molar-refractivity contribution in [1.82, 2.24) is 4.90 Å². The van der Waals surface area contributed by atoms with Crippen LogP contribution in [-0.2, 0) is 11.3 Å². The zero-order chi connectivity index (χ0) is 18.4. The van der Waals surface area contributed by atoms with Gasteiger partial charge in [0.25, 0.3) is 0 Å². The highest BCUT2D eigenvalue weighted by atomic mass is 16.6. The van der Waals surface area contributed by atoms with Gasteiger partial charge < -0.3 is 14.7 Å². The molecule has 3 rings (SSSR count). The molecular weight excluding hydrogens is 316 g/mol. The Morgan fingerprint density at radius 1 is 1.40 bits per heavy atom. The Bertz CT molecular complexity index is 716. The molecule has 1 N–H and O–H groups in total. The Morgan fingerprint density at radius 2 is 2.12 bits per heavy atom. The van der Waals surface area contributed by atoms with Gasteiger partial charge in [0.15, 0.2) is 0 Å². The van der Waals surface area contributed by atoms with Crippen LogP contribution >= 0.6 is 0 Å². The summed E-state index contributed by atoms with van der Waals surface area (Å²) in [5, 5.41) is 11.1. The van der Waals surface area contributed by atoms with Crippen molar-refractivity contribution in [3.8, 4) is 0 Å². The number of β-amino-alcohol motifs (C(OH)–C–C–N with tert-alkyl or cyclic N) is 1. The second kappa shape index (κ2) is 6.13. The van der Waals surface area contributed by atoms with Crippen LogP contribution in [0.5, 0.6) is 0 Å². The fourth-order valence-corrected chi connectivity index (χ4v) is 3.81. The van der Waals surface area contributed by atoms with E-state index in [9.17, 15) is 9.90 Å². The van der Waals surface area contributed by atoms with Gasteiger partial charge in [-0.15, -0.1) is 0 Å². The minimum atomic E-state index is -0.992. The molecule has 2 atom stereocenters. The molecule has 1 amide bonds. The van der Waals surface area contributed by atoms with Crippen molar-refractivity contribution in [2.45, 2.75) is 64.7 Å². The van der Waals surface area contributed by atoms with Gasteiger partial charge in [0.05, 0.1) is 18.7 Å². The Morgan fingerprint density at radius 3 is 2.76 bits per heavy atom. The summed E-state index contributed by atoms with van der Waals surface area (Å²) in [5.74, 6) is -0.00270. The Balaban J connectivity index is 1.79. The van der Waals surface area contributed by atoms with Gasteiger partial charge >= 0.3 is 6.09 Å². The smallest absolute Gasteiger partial charge is 0.410 e. The number of aliphatic hydroxyl groups is 1. The van der Waals surface area contributed by atoms with Crippen molar-refractivity contribution < 1.29 is 14.6 Å². The van der Waals surface area contributed by atoms with Crippen molar-refractivity contribution in [1.29, 1.82) is 0 Å². The number of fused-ring (bicyclic) bond motifs is 1. The van der Waals surface area contributed by atoms with Gasteiger partial charge in [-0.2, -0.15) is 0 Å². The number of carbonyl (C=O) groups is 1. The molecule has 0 bridgehead atoms. The first-order chi connectivity index (χ1) is 11.6. The number of ether oxygens (including phenoxy) is 1. The second-order valence-electron chi connectivity index (χ2n) is 8.48. The molecule has 2 heterocycles. The third-order valence-electron chi connectivity index (χ3n) is 5.00. The van der Waals surface area contributed by atoms with Crippen LogP contribution in [0.15, 0.2) is 17.1 Å². The average Bonchev–Trinajstić information content (AvgIpc) is 2.91. The van der Waals surface area contributed by atoms with Gasteiger partial charge in [-0.1, -0.05) is 6.07 Å². The van der Waals surface area contributed by atoms with E-state index >= 15 is 0 Å². The highest BCUT2D eigenvalue weighted by molar-refractivity contribution is 5.85. The lowest BCUT2D eigenvalue weighted by Gasteiger charge is -2.43. The lowest BCUT2D eigenvalue weighted by Crippen LogP contribution is -2.53. The number of nitrogens with zero attached hydrogens (tertiary/aromatic N) is 2. The number of hydrogen-bond donors (Lipinski definition) is 1. The quantitative estimate of drug-likeness (QED) is 0.849. The van der Waals surface area contributed by atoms with Crippen molar-refractivity contribution in [3.05, 3.63) is 34.4 Å². The Kier molecular flexibility index (Phi) is 4.40. The van der Waals surface area contributed by atoms with Gasteiger partial charge in [0, 0.05) is 18.7 Å². The predicted octanol–water partition coefficient (Wildman–Crippen LogP) is 3.40. The van der Waals surface area contributed by atoms with Crippen LogP contribution in [-0.4, -0.2) is 46.6 Å². The summed E-state index contributed by atoms with van der Waals surface area (Å²) in [6.45, 7) is 11.0. The number of aryl methyl sites for hydroxylation is 1. The topological polar surface area (TPSA) is 62.1 Å². The summed E-state index contributed by atoms with van der Waals surface area (Å²) in [4.78, 5) is 18.3. The van der Waals surface area contributed by atoms with Crippen LogP contribution in [0.4, 0.5) is 4.79 Å². The van der Waals surface area contributed by atoms with E-state index in [1.807, 2.05) is 33.9 Å². The Labute approximate surface area is 149 Å². The first-order valence-electron chi connectivity index (χ1n) is 8.90. The zero-order valence-electron chi connectivity index (χ0n) is 15.8. The molecule has 25 heavy (non-hydrogen) atoms. The van der Waals surface area contributed by atoms with Gasteiger partial charge in [-0.3, -0.25) is 4.99 Å². The minimum Gasteiger partial charge on any atom is -0.444 e. The van der Waals surface area contributed by atoms with E-state index in [0.29, 0.717) is 19.5 Å². The third-order valence-corrected chi connectivity index (χ3v) is 5.00. The number of likely N-dealkylation sites (tertiary alicyclic amines) is 1. The van der Waals surface area contributed by atoms with Crippen LogP contribution in [0.1, 0.15) is 62.3 Å². The number of amides is 1. The van der Waals surface area contributed by atoms with Crippen LogP contribution in [0.3, 0.4) is 0 Å². The first-order valence-corrected chi connectivity index (χ1v) is 8.90. The first kappa shape index (κ1) is 17.9. The number of aliphatic imine (C=N–C) groups is 1. The number of rotatable bonds is 1. The molecular formula is C20H28N2O3. The molecule has 2 aliphatic rings. The predicted molar refractivity (Wildman–Crippen MR) is 98.3 cm³/mol. The maximum Gasteiger partial charge on any atom is 0.410 e. The lowest BCUT2D eigenvalue weighted by atomic mass is 9.76. The summed E-state index contributed by atoms with van der Waals surface area (Å²) in [5.41, 5.74) is 3.20. The van der Waals surface area contributed by atoms with E-state index in [1.54, 1.807) is 4.90 Å². The third kappa shape index (κ3) is 3.71. The summed E-state index contributed by atoms with van der Waals surface area (Å²) >= 11 is 0. The normalized spacial score (nSPS) is 25.8. The molecule has 136 valence electrons. The minimum absolute atomic E-state index is 0.00270. The Hall–Kier alpha value is -1.88. The van der Waals surface area contributed by atoms with Gasteiger partial charge in [0.1, 0.15) is 5.60 Å². The van der Waals surface area contributed by atoms with E-state index < -0.39 is 11.2 Å². The zero-order valence-corrected chi connectivity index (χ0v) is 15.8. The number of piperidine rings is 1. The van der Waals surface area contributed by atoms with Gasteiger partial charge in [-0.05, 0) is 69.4 Å². The summed E-state index contributed by atoms with van der Waals surface area (Å²) in [6.07, 6.45) is 2.27. The molecule has 0 radical (unpaired) electrons. The molecule has 2 unspecified atom stereocenters. The highest BCUT2D eigenvalue weighted by Crippen LogP contribution is 2.39. The fraction of sp³-hybridized carbons (Fsp3) is 0.600. The summed E-state index contributed by atoms with van der Waals surface area (Å²) in [6, 6.07) is 4.33. The van der Waals surface area contributed by atoms with Crippen molar-refractivity contribution in [2.24, 2.45) is 4.99 Å². The monoisotopic (exact) mass is 344 g/mol. The molecule has 2 aliphatic heterocycles. The lowest BCUT2D eigenvalue weighted by molar-refractivity contribution is -0.0459. The van der Waals surface area contributed by atoms with Crippen molar-refractivity contribution in [2.75, 3.05) is 13.1 Å². The van der Waals surface area contributed by atoms with Crippen LogP contribution in [0.25, 0.3) is 0 Å². The summed E-state index contributed by atoms with van der Waals surface area (Å²) < 4.78 is 5.46. The van der Waals surface area contributed by atoms with Crippen LogP contribution in [0.2, 0.25) is 0 Å². The average molecular weight is 344 g/mol. The molecule has 0 saturated carbocycles. The summed E-state index contributed by atoms with van der Waals surface area (Å²) in [7, 11) is 0. The van der Waals surface area contributed by atoms with Gasteiger partial charge in [-0.25, -0.2) is 4.79 Å². The van der Waals surface area contributed by atoms with E-state index in [4.69, 9.17) is 4.74 Å². The molecule has 5 nitrogen and oxygen atoms in total. The number of hydrogen-bond acceptors (Lipinski definition) is 4. The van der Waals surface area contributed by atoms with Crippen molar-refractivity contribution in [3.63, 3.8) is 0 Å². The maximum atomic E-state index is 12.3. The highest BCUT2D eigenvalue weighted by Gasteiger charge is 2.42. The number of benzene rings is 1. The molecule has 1 aromatic carbocycles. The molecule has 0 aromatic heterocycles.